The van der Waals surface area contributed by atoms with E-state index in [0.717, 1.165) is 0 Å². The normalized spacial score (nSPS) is 21.9. The minimum Gasteiger partial charge on any atom is -0.274 e. The van der Waals surface area contributed by atoms with Crippen molar-refractivity contribution in [3.05, 3.63) is 0 Å². The first-order valence-electron chi connectivity index (χ1n) is 4.84. The molecule has 0 aliphatic heterocycles. The third-order valence-corrected chi connectivity index (χ3v) is 2.41. The summed E-state index contributed by atoms with van der Waals surface area (Å²) in [5.74, 6) is -3.17. The van der Waals surface area contributed by atoms with Crippen LogP contribution in [0.4, 0.5) is 8.78 Å². The molecule has 14 heavy (non-hydrogen) atoms. The number of hydroxylamine groups is 1. The van der Waals surface area contributed by atoms with E-state index < -0.39 is 5.92 Å². The van der Waals surface area contributed by atoms with Gasteiger partial charge >= 0.3 is 0 Å². The van der Waals surface area contributed by atoms with Gasteiger partial charge in [0.1, 0.15) is 0 Å². The zero-order chi connectivity index (χ0) is 10.6. The SMILES string of the molecule is CCONC(=O)C1CCC(F)(F)CC1. The third-order valence-electron chi connectivity index (χ3n) is 2.41. The highest BCUT2D eigenvalue weighted by atomic mass is 19.3. The van der Waals surface area contributed by atoms with Crippen LogP contribution in [-0.2, 0) is 9.63 Å². The lowest BCUT2D eigenvalue weighted by atomic mass is 9.86. The highest BCUT2D eigenvalue weighted by Gasteiger charge is 2.37. The Bertz CT molecular complexity index is 199. The van der Waals surface area contributed by atoms with Crippen LogP contribution in [0.1, 0.15) is 32.6 Å². The number of hydrogen-bond donors (Lipinski definition) is 1. The van der Waals surface area contributed by atoms with Gasteiger partial charge in [0.2, 0.25) is 11.8 Å². The zero-order valence-electron chi connectivity index (χ0n) is 8.19. The van der Waals surface area contributed by atoms with Crippen molar-refractivity contribution in [2.75, 3.05) is 6.61 Å². The Hall–Kier alpha value is -0.710. The summed E-state index contributed by atoms with van der Waals surface area (Å²) >= 11 is 0. The average Bonchev–Trinajstić information content (AvgIpc) is 2.14. The fraction of sp³-hybridized carbons (Fsp3) is 0.889. The van der Waals surface area contributed by atoms with Gasteiger partial charge in [-0.2, -0.15) is 0 Å². The Morgan fingerprint density at radius 3 is 2.57 bits per heavy atom. The quantitative estimate of drug-likeness (QED) is 0.717. The smallest absolute Gasteiger partial charge is 0.248 e. The molecule has 0 atom stereocenters. The molecule has 1 amide bonds. The summed E-state index contributed by atoms with van der Waals surface area (Å²) < 4.78 is 25.5. The van der Waals surface area contributed by atoms with Gasteiger partial charge in [0.25, 0.3) is 0 Å². The highest BCUT2D eigenvalue weighted by molar-refractivity contribution is 5.77. The lowest BCUT2D eigenvalue weighted by molar-refractivity contribution is -0.141. The summed E-state index contributed by atoms with van der Waals surface area (Å²) in [6, 6.07) is 0. The Labute approximate surface area is 81.8 Å². The molecule has 0 spiro atoms. The summed E-state index contributed by atoms with van der Waals surface area (Å²) in [6.07, 6.45) is 0.0895. The molecule has 82 valence electrons. The standard InChI is InChI=1S/C9H15F2NO2/c1-2-14-12-8(13)7-3-5-9(10,11)6-4-7/h7H,2-6H2,1H3,(H,12,13). The van der Waals surface area contributed by atoms with Crippen LogP contribution in [0.3, 0.4) is 0 Å². The van der Waals surface area contributed by atoms with E-state index in [-0.39, 0.29) is 37.5 Å². The van der Waals surface area contributed by atoms with Crippen LogP contribution >= 0.6 is 0 Å². The number of rotatable bonds is 3. The first-order valence-corrected chi connectivity index (χ1v) is 4.84. The van der Waals surface area contributed by atoms with E-state index >= 15 is 0 Å². The Morgan fingerprint density at radius 2 is 2.07 bits per heavy atom. The van der Waals surface area contributed by atoms with Gasteiger partial charge in [-0.15, -0.1) is 0 Å². The molecular weight excluding hydrogens is 192 g/mol. The van der Waals surface area contributed by atoms with Gasteiger partial charge in [-0.05, 0) is 19.8 Å². The van der Waals surface area contributed by atoms with Crippen molar-refractivity contribution in [1.82, 2.24) is 5.48 Å². The lowest BCUT2D eigenvalue weighted by Gasteiger charge is -2.27. The maximum atomic E-state index is 12.7. The van der Waals surface area contributed by atoms with E-state index in [4.69, 9.17) is 4.84 Å². The third kappa shape index (κ3) is 3.21. The number of amides is 1. The predicted molar refractivity (Wildman–Crippen MR) is 46.7 cm³/mol. The average molecular weight is 207 g/mol. The van der Waals surface area contributed by atoms with Crippen LogP contribution in [-0.4, -0.2) is 18.4 Å². The van der Waals surface area contributed by atoms with Crippen molar-refractivity contribution in [3.8, 4) is 0 Å². The van der Waals surface area contributed by atoms with Gasteiger partial charge in [-0.3, -0.25) is 9.63 Å². The number of carbonyl (C=O) groups excluding carboxylic acids is 1. The van der Waals surface area contributed by atoms with Gasteiger partial charge in [0.05, 0.1) is 6.61 Å². The minimum absolute atomic E-state index is 0.197. The molecule has 0 radical (unpaired) electrons. The van der Waals surface area contributed by atoms with Crippen LogP contribution in [0.2, 0.25) is 0 Å². The Balaban J connectivity index is 2.30. The predicted octanol–water partition coefficient (Wildman–Crippen LogP) is 1.88. The Kier molecular flexibility index (Phi) is 3.80. The second-order valence-corrected chi connectivity index (χ2v) is 3.53. The van der Waals surface area contributed by atoms with Crippen molar-refractivity contribution < 1.29 is 18.4 Å². The molecule has 1 aliphatic carbocycles. The summed E-state index contributed by atoms with van der Waals surface area (Å²) in [4.78, 5) is 16.0. The second-order valence-electron chi connectivity index (χ2n) is 3.53. The van der Waals surface area contributed by atoms with Gasteiger partial charge in [0, 0.05) is 18.8 Å². The molecule has 1 aliphatic rings. The maximum absolute atomic E-state index is 12.7. The van der Waals surface area contributed by atoms with E-state index in [1.807, 2.05) is 0 Å². The monoisotopic (exact) mass is 207 g/mol. The van der Waals surface area contributed by atoms with Gasteiger partial charge in [-0.25, -0.2) is 14.3 Å². The maximum Gasteiger partial charge on any atom is 0.248 e. The van der Waals surface area contributed by atoms with E-state index in [0.29, 0.717) is 6.61 Å². The molecule has 1 rings (SSSR count). The molecule has 0 aromatic carbocycles. The molecular formula is C9H15F2NO2. The van der Waals surface area contributed by atoms with Crippen molar-refractivity contribution in [2.45, 2.75) is 38.5 Å². The molecule has 1 saturated carbocycles. The second kappa shape index (κ2) is 4.68. The Morgan fingerprint density at radius 1 is 1.50 bits per heavy atom. The molecule has 0 aromatic heterocycles. The van der Waals surface area contributed by atoms with E-state index in [1.165, 1.54) is 0 Å². The number of halogens is 2. The van der Waals surface area contributed by atoms with Crippen LogP contribution < -0.4 is 5.48 Å². The van der Waals surface area contributed by atoms with Crippen LogP contribution in [0.15, 0.2) is 0 Å². The molecule has 0 saturated heterocycles. The summed E-state index contributed by atoms with van der Waals surface area (Å²) in [5.41, 5.74) is 2.25. The van der Waals surface area contributed by atoms with Crippen molar-refractivity contribution >= 4 is 5.91 Å². The van der Waals surface area contributed by atoms with Crippen LogP contribution in [0.25, 0.3) is 0 Å². The topological polar surface area (TPSA) is 38.3 Å². The number of hydrogen-bond acceptors (Lipinski definition) is 2. The molecule has 1 N–H and O–H groups in total. The number of nitrogens with one attached hydrogen (secondary N) is 1. The van der Waals surface area contributed by atoms with Gasteiger partial charge < -0.3 is 0 Å². The van der Waals surface area contributed by atoms with Gasteiger partial charge in [-0.1, -0.05) is 0 Å². The van der Waals surface area contributed by atoms with Crippen LogP contribution in [0, 0.1) is 5.92 Å². The highest BCUT2D eigenvalue weighted by Crippen LogP contribution is 2.36. The van der Waals surface area contributed by atoms with Crippen molar-refractivity contribution in [3.63, 3.8) is 0 Å². The molecule has 5 heteroatoms. The molecule has 0 aromatic rings. The summed E-state index contributed by atoms with van der Waals surface area (Å²) in [5, 5.41) is 0. The molecule has 0 bridgehead atoms. The van der Waals surface area contributed by atoms with Gasteiger partial charge in [0.15, 0.2) is 0 Å². The lowest BCUT2D eigenvalue weighted by Crippen LogP contribution is -2.35. The number of carbonyl (C=O) groups is 1. The first kappa shape index (κ1) is 11.4. The van der Waals surface area contributed by atoms with Crippen molar-refractivity contribution in [1.29, 1.82) is 0 Å². The van der Waals surface area contributed by atoms with Crippen LogP contribution in [0.5, 0.6) is 0 Å². The summed E-state index contributed by atoms with van der Waals surface area (Å²) in [7, 11) is 0. The fourth-order valence-corrected chi connectivity index (χ4v) is 1.53. The largest absolute Gasteiger partial charge is 0.274 e. The molecule has 3 nitrogen and oxygen atoms in total. The van der Waals surface area contributed by atoms with E-state index in [1.54, 1.807) is 6.92 Å². The summed E-state index contributed by atoms with van der Waals surface area (Å²) in [6.45, 7) is 2.13. The molecule has 0 unspecified atom stereocenters. The van der Waals surface area contributed by atoms with E-state index in [9.17, 15) is 13.6 Å². The minimum atomic E-state index is -2.58. The zero-order valence-corrected chi connectivity index (χ0v) is 8.19. The fourth-order valence-electron chi connectivity index (χ4n) is 1.53. The van der Waals surface area contributed by atoms with Crippen molar-refractivity contribution in [2.24, 2.45) is 5.92 Å². The molecule has 0 heterocycles. The first-order chi connectivity index (χ1) is 6.55. The molecule has 1 fully saturated rings. The van der Waals surface area contributed by atoms with E-state index in [2.05, 4.69) is 5.48 Å². The number of alkyl halides is 2.